The van der Waals surface area contributed by atoms with E-state index in [1.54, 1.807) is 0 Å². The molecule has 3 rings (SSSR count). The predicted molar refractivity (Wildman–Crippen MR) is 74.4 cm³/mol. The number of nitrogens with zero attached hydrogens (tertiary/aromatic N) is 1. The molecule has 1 aromatic rings. The first-order valence-corrected chi connectivity index (χ1v) is 7.04. The fourth-order valence-corrected chi connectivity index (χ4v) is 3.33. The Morgan fingerprint density at radius 2 is 2.05 bits per heavy atom. The van der Waals surface area contributed by atoms with Crippen LogP contribution in [0.1, 0.15) is 17.5 Å². The highest BCUT2D eigenvalue weighted by Gasteiger charge is 2.42. The molecule has 0 spiro atoms. The summed E-state index contributed by atoms with van der Waals surface area (Å²) >= 11 is 0. The van der Waals surface area contributed by atoms with Crippen molar-refractivity contribution in [2.75, 3.05) is 39.5 Å². The Kier molecular flexibility index (Phi) is 3.48. The molecule has 4 nitrogen and oxygen atoms in total. The molecule has 0 aliphatic carbocycles. The quantitative estimate of drug-likeness (QED) is 0.872. The van der Waals surface area contributed by atoms with Crippen LogP contribution in [-0.2, 0) is 10.3 Å². The highest BCUT2D eigenvalue weighted by atomic mass is 16.5. The van der Waals surface area contributed by atoms with Crippen LogP contribution in [-0.4, -0.2) is 44.4 Å². The van der Waals surface area contributed by atoms with Crippen molar-refractivity contribution in [3.63, 3.8) is 0 Å². The Morgan fingerprint density at radius 3 is 2.79 bits per heavy atom. The second kappa shape index (κ2) is 5.12. The van der Waals surface area contributed by atoms with Gasteiger partial charge < -0.3 is 15.2 Å². The maximum absolute atomic E-state index is 6.20. The van der Waals surface area contributed by atoms with Crippen LogP contribution in [0.2, 0.25) is 0 Å². The van der Waals surface area contributed by atoms with Crippen molar-refractivity contribution in [3.05, 3.63) is 29.3 Å². The molecule has 2 heterocycles. The molecule has 1 unspecified atom stereocenters. The van der Waals surface area contributed by atoms with Gasteiger partial charge in [0, 0.05) is 31.6 Å². The smallest absolute Gasteiger partial charge is 0.127 e. The molecule has 4 heteroatoms. The molecule has 0 aromatic heterocycles. The predicted octanol–water partition coefficient (Wildman–Crippen LogP) is 1.26. The van der Waals surface area contributed by atoms with Gasteiger partial charge in [-0.1, -0.05) is 18.2 Å². The number of aryl methyl sites for hydroxylation is 1. The SMILES string of the molecule is Cc1cccc2c1OCCC2(CN)N1CCOCC1. The Bertz CT molecular complexity index is 457. The monoisotopic (exact) mass is 262 g/mol. The Hall–Kier alpha value is -1.10. The van der Waals surface area contributed by atoms with Crippen LogP contribution in [0.15, 0.2) is 18.2 Å². The molecule has 1 atom stereocenters. The fraction of sp³-hybridized carbons (Fsp3) is 0.600. The van der Waals surface area contributed by atoms with Gasteiger partial charge in [-0.05, 0) is 12.5 Å². The zero-order valence-corrected chi connectivity index (χ0v) is 11.5. The Balaban J connectivity index is 2.05. The molecule has 2 N–H and O–H groups in total. The van der Waals surface area contributed by atoms with Crippen molar-refractivity contribution in [2.24, 2.45) is 5.73 Å². The summed E-state index contributed by atoms with van der Waals surface area (Å²) in [6, 6.07) is 6.38. The summed E-state index contributed by atoms with van der Waals surface area (Å²) in [4.78, 5) is 2.48. The largest absolute Gasteiger partial charge is 0.493 e. The second-order valence-corrected chi connectivity index (χ2v) is 5.39. The van der Waals surface area contributed by atoms with E-state index in [0.29, 0.717) is 6.54 Å². The van der Waals surface area contributed by atoms with Gasteiger partial charge in [0.2, 0.25) is 0 Å². The molecule has 19 heavy (non-hydrogen) atoms. The molecule has 0 amide bonds. The minimum absolute atomic E-state index is 0.0800. The van der Waals surface area contributed by atoms with E-state index in [2.05, 4.69) is 30.0 Å². The van der Waals surface area contributed by atoms with E-state index in [1.807, 2.05) is 0 Å². The maximum Gasteiger partial charge on any atom is 0.127 e. The number of nitrogens with two attached hydrogens (primary N) is 1. The molecule has 0 radical (unpaired) electrons. The molecule has 104 valence electrons. The van der Waals surface area contributed by atoms with Crippen LogP contribution >= 0.6 is 0 Å². The molecule has 1 fully saturated rings. The number of morpholine rings is 1. The van der Waals surface area contributed by atoms with Crippen molar-refractivity contribution in [2.45, 2.75) is 18.9 Å². The van der Waals surface area contributed by atoms with Gasteiger partial charge >= 0.3 is 0 Å². The molecular weight excluding hydrogens is 240 g/mol. The van der Waals surface area contributed by atoms with Crippen LogP contribution in [0, 0.1) is 6.92 Å². The average molecular weight is 262 g/mol. The highest BCUT2D eigenvalue weighted by Crippen LogP contribution is 2.42. The lowest BCUT2D eigenvalue weighted by molar-refractivity contribution is -0.0366. The van der Waals surface area contributed by atoms with Crippen LogP contribution in [0.4, 0.5) is 0 Å². The lowest BCUT2D eigenvalue weighted by Crippen LogP contribution is -2.57. The van der Waals surface area contributed by atoms with E-state index >= 15 is 0 Å². The Morgan fingerprint density at radius 1 is 1.26 bits per heavy atom. The van der Waals surface area contributed by atoms with Gasteiger partial charge in [-0.15, -0.1) is 0 Å². The average Bonchev–Trinajstić information content (AvgIpc) is 2.48. The number of ether oxygens (including phenoxy) is 2. The Labute approximate surface area is 114 Å². The molecule has 0 saturated carbocycles. The van der Waals surface area contributed by atoms with E-state index in [4.69, 9.17) is 15.2 Å². The summed E-state index contributed by atoms with van der Waals surface area (Å²) in [7, 11) is 0. The zero-order chi connectivity index (χ0) is 13.3. The number of hydrogen-bond acceptors (Lipinski definition) is 4. The molecule has 1 saturated heterocycles. The first kappa shape index (κ1) is 12.9. The van der Waals surface area contributed by atoms with Crippen molar-refractivity contribution in [1.29, 1.82) is 0 Å². The van der Waals surface area contributed by atoms with Crippen molar-refractivity contribution in [3.8, 4) is 5.75 Å². The van der Waals surface area contributed by atoms with Gasteiger partial charge in [-0.25, -0.2) is 0 Å². The van der Waals surface area contributed by atoms with Gasteiger partial charge in [0.05, 0.1) is 25.4 Å². The van der Waals surface area contributed by atoms with Gasteiger partial charge in [0.1, 0.15) is 5.75 Å². The standard InChI is InChI=1S/C15H22N2O2/c1-12-3-2-4-13-14(12)19-8-5-15(13,11-16)17-6-9-18-10-7-17/h2-4H,5-11,16H2,1H3. The minimum atomic E-state index is -0.0800. The minimum Gasteiger partial charge on any atom is -0.493 e. The van der Waals surface area contributed by atoms with Gasteiger partial charge in [-0.2, -0.15) is 0 Å². The summed E-state index contributed by atoms with van der Waals surface area (Å²) < 4.78 is 11.4. The molecular formula is C15H22N2O2. The zero-order valence-electron chi connectivity index (χ0n) is 11.5. The van der Waals surface area contributed by atoms with Crippen molar-refractivity contribution < 1.29 is 9.47 Å². The first-order chi connectivity index (χ1) is 9.28. The molecule has 2 aliphatic heterocycles. The number of hydrogen-bond donors (Lipinski definition) is 1. The van der Waals surface area contributed by atoms with Gasteiger partial charge in [-0.3, -0.25) is 4.90 Å². The molecule has 1 aromatic carbocycles. The lowest BCUT2D eigenvalue weighted by Gasteiger charge is -2.48. The van der Waals surface area contributed by atoms with Gasteiger partial charge in [0.25, 0.3) is 0 Å². The van der Waals surface area contributed by atoms with Crippen LogP contribution in [0.25, 0.3) is 0 Å². The van der Waals surface area contributed by atoms with Crippen molar-refractivity contribution >= 4 is 0 Å². The van der Waals surface area contributed by atoms with Crippen molar-refractivity contribution in [1.82, 2.24) is 4.90 Å². The molecule has 0 bridgehead atoms. The number of fused-ring (bicyclic) bond motifs is 1. The normalized spacial score (nSPS) is 27.7. The van der Waals surface area contributed by atoms with E-state index in [1.165, 1.54) is 11.1 Å². The number of rotatable bonds is 2. The third kappa shape index (κ3) is 2.04. The summed E-state index contributed by atoms with van der Waals surface area (Å²) in [5, 5.41) is 0. The summed E-state index contributed by atoms with van der Waals surface area (Å²) in [5.41, 5.74) is 8.57. The lowest BCUT2D eigenvalue weighted by atomic mass is 9.81. The number of para-hydroxylation sites is 1. The van der Waals surface area contributed by atoms with E-state index in [0.717, 1.165) is 45.1 Å². The third-order valence-corrected chi connectivity index (χ3v) is 4.43. The van der Waals surface area contributed by atoms with Gasteiger partial charge in [0.15, 0.2) is 0 Å². The topological polar surface area (TPSA) is 47.7 Å². The summed E-state index contributed by atoms with van der Waals surface area (Å²) in [5.74, 6) is 1.03. The maximum atomic E-state index is 6.20. The number of benzene rings is 1. The highest BCUT2D eigenvalue weighted by molar-refractivity contribution is 5.46. The summed E-state index contributed by atoms with van der Waals surface area (Å²) in [6.45, 7) is 6.96. The van der Waals surface area contributed by atoms with Crippen LogP contribution in [0.3, 0.4) is 0 Å². The first-order valence-electron chi connectivity index (χ1n) is 7.04. The summed E-state index contributed by atoms with van der Waals surface area (Å²) in [6.07, 6.45) is 0.958. The molecule has 2 aliphatic rings. The van der Waals surface area contributed by atoms with Crippen LogP contribution < -0.4 is 10.5 Å². The van der Waals surface area contributed by atoms with Crippen LogP contribution in [0.5, 0.6) is 5.75 Å². The fourth-order valence-electron chi connectivity index (χ4n) is 3.33. The second-order valence-electron chi connectivity index (χ2n) is 5.39. The van der Waals surface area contributed by atoms with E-state index < -0.39 is 0 Å². The van der Waals surface area contributed by atoms with E-state index in [9.17, 15) is 0 Å². The third-order valence-electron chi connectivity index (χ3n) is 4.43. The van der Waals surface area contributed by atoms with E-state index in [-0.39, 0.29) is 5.54 Å².